The average molecular weight is 384 g/mol. The Morgan fingerprint density at radius 2 is 1.82 bits per heavy atom. The van der Waals surface area contributed by atoms with Gasteiger partial charge in [-0.1, -0.05) is 0 Å². The number of carbonyl (C=O) groups is 1. The number of benzene rings is 1. The maximum atomic E-state index is 13.1. The highest BCUT2D eigenvalue weighted by Crippen LogP contribution is 2.42. The zero-order valence-electron chi connectivity index (χ0n) is 14.4. The number of carbonyl (C=O) groups excluding carboxylic acids is 1. The molecule has 1 aromatic carbocycles. The number of aromatic nitrogens is 2. The number of nitrogens with zero attached hydrogens (tertiary/aromatic N) is 2. The Hall–Kier alpha value is -3.75. The van der Waals surface area contributed by atoms with E-state index >= 15 is 0 Å². The Balaban J connectivity index is 1.49. The fourth-order valence-electron chi connectivity index (χ4n) is 2.64. The lowest BCUT2D eigenvalue weighted by atomic mass is 10.2. The lowest BCUT2D eigenvalue weighted by molar-refractivity contribution is -0.286. The molecule has 0 atom stereocenters. The highest BCUT2D eigenvalue weighted by atomic mass is 19.3. The van der Waals surface area contributed by atoms with Crippen molar-refractivity contribution in [1.29, 1.82) is 0 Å². The number of anilines is 2. The van der Waals surface area contributed by atoms with Gasteiger partial charge in [0.05, 0.1) is 5.56 Å². The summed E-state index contributed by atoms with van der Waals surface area (Å²) in [7, 11) is 0. The molecule has 0 unspecified atom stereocenters. The van der Waals surface area contributed by atoms with Gasteiger partial charge in [-0.2, -0.15) is 0 Å². The summed E-state index contributed by atoms with van der Waals surface area (Å²) in [6.45, 7) is 0.457. The Bertz CT molecular complexity index is 1020. The van der Waals surface area contributed by atoms with Crippen molar-refractivity contribution in [2.75, 3.05) is 10.6 Å². The van der Waals surface area contributed by atoms with Crippen LogP contribution in [0.4, 0.5) is 20.3 Å². The zero-order chi connectivity index (χ0) is 19.6. The van der Waals surface area contributed by atoms with Crippen molar-refractivity contribution < 1.29 is 23.0 Å². The smallest absolute Gasteiger partial charge is 0.395 e. The molecule has 1 amide bonds. The number of rotatable bonds is 5. The molecule has 2 aromatic heterocycles. The van der Waals surface area contributed by atoms with Crippen molar-refractivity contribution >= 4 is 17.4 Å². The molecule has 0 fully saturated rings. The third-order valence-electron chi connectivity index (χ3n) is 3.92. The van der Waals surface area contributed by atoms with Crippen LogP contribution < -0.4 is 20.1 Å². The van der Waals surface area contributed by atoms with Gasteiger partial charge in [0.15, 0.2) is 11.5 Å². The number of nitrogens with one attached hydrogen (secondary N) is 2. The van der Waals surface area contributed by atoms with E-state index in [2.05, 4.69) is 30.1 Å². The molecule has 0 bridgehead atoms. The van der Waals surface area contributed by atoms with E-state index in [0.29, 0.717) is 17.9 Å². The highest BCUT2D eigenvalue weighted by Gasteiger charge is 2.43. The molecule has 1 aliphatic heterocycles. The predicted octanol–water partition coefficient (Wildman–Crippen LogP) is 3.66. The van der Waals surface area contributed by atoms with E-state index < -0.39 is 12.2 Å². The van der Waals surface area contributed by atoms with Gasteiger partial charge < -0.3 is 20.1 Å². The van der Waals surface area contributed by atoms with Crippen LogP contribution in [0.15, 0.2) is 61.1 Å². The van der Waals surface area contributed by atoms with E-state index in [4.69, 9.17) is 0 Å². The van der Waals surface area contributed by atoms with Gasteiger partial charge in [0.1, 0.15) is 5.82 Å². The summed E-state index contributed by atoms with van der Waals surface area (Å²) in [5.41, 5.74) is 1.57. The van der Waals surface area contributed by atoms with Crippen LogP contribution in [-0.2, 0) is 6.54 Å². The van der Waals surface area contributed by atoms with Crippen LogP contribution in [0.2, 0.25) is 0 Å². The summed E-state index contributed by atoms with van der Waals surface area (Å²) in [6.07, 6.45) is 1.20. The summed E-state index contributed by atoms with van der Waals surface area (Å²) in [4.78, 5) is 20.8. The van der Waals surface area contributed by atoms with Gasteiger partial charge >= 0.3 is 6.29 Å². The monoisotopic (exact) mass is 384 g/mol. The van der Waals surface area contributed by atoms with E-state index in [1.807, 2.05) is 12.1 Å². The summed E-state index contributed by atoms with van der Waals surface area (Å²) < 4.78 is 35.0. The van der Waals surface area contributed by atoms with Crippen molar-refractivity contribution in [3.63, 3.8) is 0 Å². The summed E-state index contributed by atoms with van der Waals surface area (Å²) in [5.74, 6) is -0.297. The van der Waals surface area contributed by atoms with Gasteiger partial charge in [-0.3, -0.25) is 9.78 Å². The second-order valence-electron chi connectivity index (χ2n) is 5.89. The number of hydrogen-bond acceptors (Lipinski definition) is 6. The second kappa shape index (κ2) is 7.10. The van der Waals surface area contributed by atoms with E-state index in [1.54, 1.807) is 30.7 Å². The molecule has 2 N–H and O–H groups in total. The number of halogens is 2. The zero-order valence-corrected chi connectivity index (χ0v) is 14.4. The van der Waals surface area contributed by atoms with Crippen LogP contribution >= 0.6 is 0 Å². The van der Waals surface area contributed by atoms with Crippen LogP contribution in [-0.4, -0.2) is 22.2 Å². The first-order chi connectivity index (χ1) is 13.5. The first kappa shape index (κ1) is 17.7. The fraction of sp³-hybridized carbons (Fsp3) is 0.105. The predicted molar refractivity (Wildman–Crippen MR) is 96.4 cm³/mol. The Morgan fingerprint density at radius 1 is 1.04 bits per heavy atom. The maximum Gasteiger partial charge on any atom is 0.586 e. The molecule has 4 rings (SSSR count). The molecule has 0 aliphatic carbocycles. The number of alkyl halides is 2. The van der Waals surface area contributed by atoms with E-state index in [0.717, 1.165) is 5.56 Å². The van der Waals surface area contributed by atoms with Gasteiger partial charge in [0, 0.05) is 36.9 Å². The lowest BCUT2D eigenvalue weighted by Gasteiger charge is -2.11. The minimum atomic E-state index is -3.71. The SMILES string of the molecule is O=C(Nc1ccc2c(c1)OC(F)(F)O2)c1cccnc1NCc1ccncc1. The first-order valence-electron chi connectivity index (χ1n) is 8.29. The Labute approximate surface area is 158 Å². The normalized spacial score (nSPS) is 13.8. The van der Waals surface area contributed by atoms with Gasteiger partial charge in [-0.15, -0.1) is 8.78 Å². The van der Waals surface area contributed by atoms with Gasteiger partial charge in [0.25, 0.3) is 5.91 Å². The Morgan fingerprint density at radius 3 is 2.64 bits per heavy atom. The minimum absolute atomic E-state index is 0.0934. The molecule has 3 aromatic rings. The highest BCUT2D eigenvalue weighted by molar-refractivity contribution is 6.07. The van der Waals surface area contributed by atoms with E-state index in [9.17, 15) is 13.6 Å². The summed E-state index contributed by atoms with van der Waals surface area (Å²) in [5, 5.41) is 5.75. The number of pyridine rings is 2. The molecule has 0 radical (unpaired) electrons. The number of ether oxygens (including phenoxy) is 2. The standard InChI is InChI=1S/C19H14F2N4O3/c20-19(21)27-15-4-3-13(10-16(15)28-19)25-18(26)14-2-1-7-23-17(14)24-11-12-5-8-22-9-6-12/h1-10H,11H2,(H,23,24)(H,25,26). The second-order valence-corrected chi connectivity index (χ2v) is 5.89. The molecule has 0 saturated carbocycles. The van der Waals surface area contributed by atoms with Crippen LogP contribution in [0.25, 0.3) is 0 Å². The topological polar surface area (TPSA) is 85.4 Å². The van der Waals surface area contributed by atoms with Gasteiger partial charge in [-0.25, -0.2) is 4.98 Å². The van der Waals surface area contributed by atoms with Gasteiger partial charge in [-0.05, 0) is 42.0 Å². The van der Waals surface area contributed by atoms with Crippen LogP contribution in [0, 0.1) is 0 Å². The minimum Gasteiger partial charge on any atom is -0.395 e. The van der Waals surface area contributed by atoms with E-state index in [-0.39, 0.29) is 17.2 Å². The molecule has 9 heteroatoms. The molecule has 3 heterocycles. The number of amides is 1. The van der Waals surface area contributed by atoms with Crippen LogP contribution in [0.1, 0.15) is 15.9 Å². The molecule has 28 heavy (non-hydrogen) atoms. The fourth-order valence-corrected chi connectivity index (χ4v) is 2.64. The van der Waals surface area contributed by atoms with E-state index in [1.165, 1.54) is 18.2 Å². The molecule has 0 saturated heterocycles. The molecule has 0 spiro atoms. The number of hydrogen-bond donors (Lipinski definition) is 2. The van der Waals surface area contributed by atoms with Crippen molar-refractivity contribution in [2.45, 2.75) is 12.8 Å². The summed E-state index contributed by atoms with van der Waals surface area (Å²) in [6, 6.07) is 11.0. The lowest BCUT2D eigenvalue weighted by Crippen LogP contribution is -2.25. The molecule has 1 aliphatic rings. The van der Waals surface area contributed by atoms with Gasteiger partial charge in [0.2, 0.25) is 0 Å². The molecular formula is C19H14F2N4O3. The van der Waals surface area contributed by atoms with Crippen LogP contribution in [0.3, 0.4) is 0 Å². The first-order valence-corrected chi connectivity index (χ1v) is 8.29. The largest absolute Gasteiger partial charge is 0.586 e. The average Bonchev–Trinajstić information content (AvgIpc) is 3.00. The van der Waals surface area contributed by atoms with Crippen molar-refractivity contribution in [3.05, 3.63) is 72.2 Å². The summed E-state index contributed by atoms with van der Waals surface area (Å²) >= 11 is 0. The van der Waals surface area contributed by atoms with Crippen molar-refractivity contribution in [3.8, 4) is 11.5 Å². The van der Waals surface area contributed by atoms with Crippen LogP contribution in [0.5, 0.6) is 11.5 Å². The van der Waals surface area contributed by atoms with Crippen molar-refractivity contribution in [2.24, 2.45) is 0 Å². The molecule has 7 nitrogen and oxygen atoms in total. The maximum absolute atomic E-state index is 13.1. The molecular weight excluding hydrogens is 370 g/mol. The molecule has 142 valence electrons. The third-order valence-corrected chi connectivity index (χ3v) is 3.92. The third kappa shape index (κ3) is 3.83. The van der Waals surface area contributed by atoms with Crippen molar-refractivity contribution in [1.82, 2.24) is 9.97 Å². The quantitative estimate of drug-likeness (QED) is 0.698. The number of fused-ring (bicyclic) bond motifs is 1. The Kier molecular flexibility index (Phi) is 4.48.